The van der Waals surface area contributed by atoms with E-state index in [-0.39, 0.29) is 0 Å². The molecule has 0 bridgehead atoms. The molecule has 1 nitrogen and oxygen atoms in total. The number of aromatic nitrogens is 1. The van der Waals surface area contributed by atoms with Crippen LogP contribution in [-0.4, -0.2) is 4.98 Å². The summed E-state index contributed by atoms with van der Waals surface area (Å²) in [5.41, 5.74) is 2.70. The Morgan fingerprint density at radius 3 is 2.83 bits per heavy atom. The highest BCUT2D eigenvalue weighted by atomic mass is 32.1. The second-order valence-corrected chi connectivity index (χ2v) is 6.27. The third-order valence-electron chi connectivity index (χ3n) is 4.08. The van der Waals surface area contributed by atoms with Crippen LogP contribution in [0.3, 0.4) is 0 Å². The molecule has 1 fully saturated rings. The van der Waals surface area contributed by atoms with Crippen molar-refractivity contribution in [1.29, 1.82) is 0 Å². The van der Waals surface area contributed by atoms with Crippen molar-refractivity contribution in [1.82, 2.24) is 4.98 Å². The molecule has 0 aliphatic heterocycles. The van der Waals surface area contributed by atoms with Crippen molar-refractivity contribution in [3.05, 3.63) is 42.1 Å². The number of pyridine rings is 1. The summed E-state index contributed by atoms with van der Waals surface area (Å²) in [6.45, 7) is 0. The van der Waals surface area contributed by atoms with Gasteiger partial charge in [0.25, 0.3) is 0 Å². The van der Waals surface area contributed by atoms with Crippen molar-refractivity contribution in [2.75, 3.05) is 0 Å². The van der Waals surface area contributed by atoms with Crippen LogP contribution in [0.4, 0.5) is 0 Å². The van der Waals surface area contributed by atoms with E-state index in [2.05, 4.69) is 29.2 Å². The summed E-state index contributed by atoms with van der Waals surface area (Å²) >= 11 is 1.87. The molecule has 0 spiro atoms. The standard InChI is InChI=1S/C16H15NS/c1-2-5-11(4-1)12-7-8-13-15(10-12)18-14-6-3-9-17-16(13)14/h3,6-11H,1-2,4-5H2. The average Bonchev–Trinajstić information content (AvgIpc) is 3.05. The minimum atomic E-state index is 0.799. The third kappa shape index (κ3) is 1.56. The zero-order valence-corrected chi connectivity index (χ0v) is 11.0. The molecule has 90 valence electrons. The van der Waals surface area contributed by atoms with E-state index >= 15 is 0 Å². The van der Waals surface area contributed by atoms with Gasteiger partial charge in [0.15, 0.2) is 0 Å². The van der Waals surface area contributed by atoms with Crippen LogP contribution in [0.2, 0.25) is 0 Å². The van der Waals surface area contributed by atoms with Gasteiger partial charge < -0.3 is 0 Å². The molecule has 18 heavy (non-hydrogen) atoms. The van der Waals surface area contributed by atoms with Crippen molar-refractivity contribution in [3.8, 4) is 0 Å². The quantitative estimate of drug-likeness (QED) is 0.587. The maximum atomic E-state index is 4.51. The fourth-order valence-corrected chi connectivity index (χ4v) is 4.24. The summed E-state index contributed by atoms with van der Waals surface area (Å²) < 4.78 is 2.70. The van der Waals surface area contributed by atoms with Gasteiger partial charge in [-0.3, -0.25) is 4.98 Å². The van der Waals surface area contributed by atoms with Crippen molar-refractivity contribution in [2.24, 2.45) is 0 Å². The zero-order valence-electron chi connectivity index (χ0n) is 10.2. The van der Waals surface area contributed by atoms with Gasteiger partial charge in [-0.2, -0.15) is 0 Å². The maximum Gasteiger partial charge on any atom is 0.0888 e. The molecule has 0 atom stereocenters. The highest BCUT2D eigenvalue weighted by Crippen LogP contribution is 2.38. The van der Waals surface area contributed by atoms with E-state index in [9.17, 15) is 0 Å². The highest BCUT2D eigenvalue weighted by molar-refractivity contribution is 7.25. The molecule has 0 amide bonds. The SMILES string of the molecule is c1cnc2c(c1)sc1cc(C3CCCC3)ccc12. The fraction of sp³-hybridized carbons (Fsp3) is 0.312. The molecule has 0 N–H and O–H groups in total. The Labute approximate surface area is 110 Å². The predicted octanol–water partition coefficient (Wildman–Crippen LogP) is 5.11. The van der Waals surface area contributed by atoms with Crippen LogP contribution in [0.15, 0.2) is 36.5 Å². The van der Waals surface area contributed by atoms with Crippen LogP contribution in [0, 0.1) is 0 Å². The number of hydrogen-bond donors (Lipinski definition) is 0. The lowest BCUT2D eigenvalue weighted by atomic mass is 9.97. The third-order valence-corrected chi connectivity index (χ3v) is 5.18. The largest absolute Gasteiger partial charge is 0.255 e. The summed E-state index contributed by atoms with van der Waals surface area (Å²) in [5.74, 6) is 0.799. The molecule has 2 aromatic heterocycles. The Kier molecular flexibility index (Phi) is 2.37. The summed E-state index contributed by atoms with van der Waals surface area (Å²) in [7, 11) is 0. The summed E-state index contributed by atoms with van der Waals surface area (Å²) in [6.07, 6.45) is 7.43. The van der Waals surface area contributed by atoms with E-state index in [1.165, 1.54) is 46.0 Å². The molecule has 0 saturated heterocycles. The number of nitrogens with zero attached hydrogens (tertiary/aromatic N) is 1. The van der Waals surface area contributed by atoms with Gasteiger partial charge in [0.1, 0.15) is 0 Å². The average molecular weight is 253 g/mol. The second kappa shape index (κ2) is 4.06. The summed E-state index contributed by atoms with van der Waals surface area (Å²) in [4.78, 5) is 4.51. The minimum Gasteiger partial charge on any atom is -0.255 e. The molecule has 1 aliphatic rings. The Morgan fingerprint density at radius 1 is 1.06 bits per heavy atom. The molecule has 0 unspecified atom stereocenters. The van der Waals surface area contributed by atoms with Crippen molar-refractivity contribution in [3.63, 3.8) is 0 Å². The molecule has 0 radical (unpaired) electrons. The first kappa shape index (κ1) is 10.5. The van der Waals surface area contributed by atoms with E-state index in [4.69, 9.17) is 0 Å². The number of hydrogen-bond acceptors (Lipinski definition) is 2. The van der Waals surface area contributed by atoms with Crippen LogP contribution in [0.25, 0.3) is 20.3 Å². The van der Waals surface area contributed by atoms with Gasteiger partial charge in [0.05, 0.1) is 10.2 Å². The lowest BCUT2D eigenvalue weighted by Gasteiger charge is -2.08. The molecule has 1 aromatic carbocycles. The number of benzene rings is 1. The molecule has 2 heterocycles. The molecule has 1 aliphatic carbocycles. The van der Waals surface area contributed by atoms with Gasteiger partial charge in [-0.1, -0.05) is 25.0 Å². The van der Waals surface area contributed by atoms with E-state index in [1.807, 2.05) is 23.6 Å². The first-order chi connectivity index (χ1) is 8.92. The lowest BCUT2D eigenvalue weighted by Crippen LogP contribution is -1.90. The topological polar surface area (TPSA) is 12.9 Å². The monoisotopic (exact) mass is 253 g/mol. The first-order valence-electron chi connectivity index (χ1n) is 6.69. The number of thiophene rings is 1. The Hall–Kier alpha value is -1.41. The smallest absolute Gasteiger partial charge is 0.0888 e. The van der Waals surface area contributed by atoms with Crippen LogP contribution in [0.1, 0.15) is 37.2 Å². The van der Waals surface area contributed by atoms with Crippen LogP contribution in [-0.2, 0) is 0 Å². The number of rotatable bonds is 1. The minimum absolute atomic E-state index is 0.799. The van der Waals surface area contributed by atoms with Gasteiger partial charge in [-0.25, -0.2) is 0 Å². The predicted molar refractivity (Wildman–Crippen MR) is 78.3 cm³/mol. The first-order valence-corrected chi connectivity index (χ1v) is 7.51. The highest BCUT2D eigenvalue weighted by Gasteiger charge is 2.17. The van der Waals surface area contributed by atoms with Crippen LogP contribution < -0.4 is 0 Å². The Bertz CT molecular complexity index is 707. The molecular formula is C16H15NS. The Morgan fingerprint density at radius 2 is 1.94 bits per heavy atom. The zero-order chi connectivity index (χ0) is 11.9. The van der Waals surface area contributed by atoms with Gasteiger partial charge in [-0.15, -0.1) is 11.3 Å². The Balaban J connectivity index is 1.92. The van der Waals surface area contributed by atoms with Gasteiger partial charge in [-0.05, 0) is 42.5 Å². The van der Waals surface area contributed by atoms with E-state index in [0.29, 0.717) is 0 Å². The van der Waals surface area contributed by atoms with Crippen LogP contribution in [0.5, 0.6) is 0 Å². The maximum absolute atomic E-state index is 4.51. The van der Waals surface area contributed by atoms with Crippen molar-refractivity contribution >= 4 is 31.6 Å². The van der Waals surface area contributed by atoms with Crippen molar-refractivity contribution < 1.29 is 0 Å². The van der Waals surface area contributed by atoms with Gasteiger partial charge in [0, 0.05) is 16.3 Å². The van der Waals surface area contributed by atoms with E-state index in [1.54, 1.807) is 0 Å². The van der Waals surface area contributed by atoms with Gasteiger partial charge >= 0.3 is 0 Å². The molecular weight excluding hydrogens is 238 g/mol. The second-order valence-electron chi connectivity index (χ2n) is 5.19. The lowest BCUT2D eigenvalue weighted by molar-refractivity contribution is 0.724. The summed E-state index contributed by atoms with van der Waals surface area (Å²) in [5, 5.41) is 1.32. The molecule has 4 rings (SSSR count). The molecule has 2 heteroatoms. The molecule has 1 saturated carbocycles. The van der Waals surface area contributed by atoms with E-state index < -0.39 is 0 Å². The fourth-order valence-electron chi connectivity index (χ4n) is 3.13. The van der Waals surface area contributed by atoms with E-state index in [0.717, 1.165) is 11.4 Å². The van der Waals surface area contributed by atoms with Gasteiger partial charge in [0.2, 0.25) is 0 Å². The normalized spacial score (nSPS) is 16.9. The number of fused-ring (bicyclic) bond motifs is 3. The molecule has 3 aromatic rings. The summed E-state index contributed by atoms with van der Waals surface area (Å²) in [6, 6.07) is 11.2. The van der Waals surface area contributed by atoms with Crippen molar-refractivity contribution in [2.45, 2.75) is 31.6 Å². The van der Waals surface area contributed by atoms with Crippen LogP contribution >= 0.6 is 11.3 Å².